The second-order valence-corrected chi connectivity index (χ2v) is 9.07. The molecule has 3 heterocycles. The van der Waals surface area contributed by atoms with Crippen LogP contribution in [-0.2, 0) is 4.74 Å². The van der Waals surface area contributed by atoms with E-state index in [1.165, 1.54) is 12.8 Å². The standard InChI is InChI=1S/C20H34FN3O3/c1-2-27-19(26)23-8-5-20(14-23)10-18(11-20)22-6-3-16(4-7-22)24-12-15(21)9-17(24)13-25/h15-18,25H,2-14H2,1H3/t15-,17-,18?,20?/m1/s1. The second kappa shape index (κ2) is 7.84. The van der Waals surface area contributed by atoms with Gasteiger partial charge in [-0.2, -0.15) is 0 Å². The van der Waals surface area contributed by atoms with E-state index in [9.17, 15) is 14.3 Å². The number of likely N-dealkylation sites (tertiary alicyclic amines) is 3. The predicted octanol–water partition coefficient (Wildman–Crippen LogP) is 1.87. The molecule has 3 saturated heterocycles. The first-order valence-corrected chi connectivity index (χ1v) is 10.7. The van der Waals surface area contributed by atoms with E-state index in [0.29, 0.717) is 37.1 Å². The van der Waals surface area contributed by atoms with E-state index in [4.69, 9.17) is 4.74 Å². The third kappa shape index (κ3) is 3.83. The summed E-state index contributed by atoms with van der Waals surface area (Å²) in [5.74, 6) is 0. The third-order valence-electron chi connectivity index (χ3n) is 7.40. The molecule has 3 aliphatic heterocycles. The number of hydrogen-bond acceptors (Lipinski definition) is 5. The highest BCUT2D eigenvalue weighted by atomic mass is 19.1. The lowest BCUT2D eigenvalue weighted by atomic mass is 9.64. The molecule has 4 aliphatic rings. The van der Waals surface area contributed by atoms with Crippen molar-refractivity contribution in [3.63, 3.8) is 0 Å². The highest BCUT2D eigenvalue weighted by Gasteiger charge is 2.51. The van der Waals surface area contributed by atoms with Crippen LogP contribution in [0.4, 0.5) is 9.18 Å². The fourth-order valence-corrected chi connectivity index (χ4v) is 5.93. The van der Waals surface area contributed by atoms with Crippen molar-refractivity contribution in [3.8, 4) is 0 Å². The minimum atomic E-state index is -0.781. The zero-order valence-electron chi connectivity index (χ0n) is 16.5. The molecule has 1 spiro atoms. The van der Waals surface area contributed by atoms with Gasteiger partial charge in [0.1, 0.15) is 6.17 Å². The largest absolute Gasteiger partial charge is 0.450 e. The van der Waals surface area contributed by atoms with Crippen molar-refractivity contribution in [1.29, 1.82) is 0 Å². The van der Waals surface area contributed by atoms with Crippen LogP contribution in [0, 0.1) is 5.41 Å². The zero-order valence-corrected chi connectivity index (χ0v) is 16.5. The maximum atomic E-state index is 13.7. The monoisotopic (exact) mass is 383 g/mol. The van der Waals surface area contributed by atoms with Gasteiger partial charge in [0.2, 0.25) is 0 Å². The van der Waals surface area contributed by atoms with Crippen LogP contribution < -0.4 is 0 Å². The summed E-state index contributed by atoms with van der Waals surface area (Å²) in [6.45, 7) is 6.67. The molecular weight excluding hydrogens is 349 g/mol. The Bertz CT molecular complexity index is 535. The van der Waals surface area contributed by atoms with E-state index in [2.05, 4.69) is 9.80 Å². The molecule has 0 aromatic heterocycles. The molecule has 1 saturated carbocycles. The van der Waals surface area contributed by atoms with Gasteiger partial charge < -0.3 is 19.6 Å². The molecule has 0 radical (unpaired) electrons. The Morgan fingerprint density at radius 2 is 1.96 bits per heavy atom. The number of amides is 1. The third-order valence-corrected chi connectivity index (χ3v) is 7.40. The Hall–Kier alpha value is -0.920. The summed E-state index contributed by atoms with van der Waals surface area (Å²) in [5, 5.41) is 9.53. The molecule has 2 atom stereocenters. The maximum Gasteiger partial charge on any atom is 0.409 e. The SMILES string of the molecule is CCOC(=O)N1CCC2(CC(N3CCC(N4C[C@H](F)C[C@@H]4CO)CC3)C2)C1. The van der Waals surface area contributed by atoms with Gasteiger partial charge in [-0.25, -0.2) is 9.18 Å². The van der Waals surface area contributed by atoms with Crippen molar-refractivity contribution in [2.24, 2.45) is 5.41 Å². The molecule has 1 N–H and O–H groups in total. The van der Waals surface area contributed by atoms with Gasteiger partial charge in [0.25, 0.3) is 0 Å². The first-order chi connectivity index (χ1) is 13.0. The Morgan fingerprint density at radius 3 is 2.63 bits per heavy atom. The molecule has 0 bridgehead atoms. The van der Waals surface area contributed by atoms with E-state index in [0.717, 1.165) is 45.4 Å². The highest BCUT2D eigenvalue weighted by Crippen LogP contribution is 2.50. The molecule has 0 aromatic carbocycles. The number of ether oxygens (including phenoxy) is 1. The van der Waals surface area contributed by atoms with Crippen LogP contribution >= 0.6 is 0 Å². The Balaban J connectivity index is 1.22. The van der Waals surface area contributed by atoms with Gasteiger partial charge in [-0.1, -0.05) is 0 Å². The van der Waals surface area contributed by atoms with E-state index in [1.807, 2.05) is 11.8 Å². The summed E-state index contributed by atoms with van der Waals surface area (Å²) in [6.07, 6.45) is 5.15. The lowest BCUT2D eigenvalue weighted by Crippen LogP contribution is -2.56. The fraction of sp³-hybridized carbons (Fsp3) is 0.950. The van der Waals surface area contributed by atoms with E-state index in [-0.39, 0.29) is 18.7 Å². The quantitative estimate of drug-likeness (QED) is 0.803. The molecule has 154 valence electrons. The number of rotatable bonds is 4. The molecule has 0 aromatic rings. The average Bonchev–Trinajstić information content (AvgIpc) is 3.25. The molecule has 1 aliphatic carbocycles. The van der Waals surface area contributed by atoms with E-state index in [1.54, 1.807) is 0 Å². The normalized spacial score (nSPS) is 38.5. The van der Waals surface area contributed by atoms with Crippen molar-refractivity contribution in [1.82, 2.24) is 14.7 Å². The molecule has 4 fully saturated rings. The Labute approximate surface area is 161 Å². The first kappa shape index (κ1) is 19.4. The van der Waals surface area contributed by atoms with Crippen LogP contribution in [0.15, 0.2) is 0 Å². The van der Waals surface area contributed by atoms with Crippen molar-refractivity contribution in [2.75, 3.05) is 45.9 Å². The van der Waals surface area contributed by atoms with Crippen LogP contribution in [0.1, 0.15) is 45.4 Å². The number of aliphatic hydroxyl groups excluding tert-OH is 1. The van der Waals surface area contributed by atoms with Crippen molar-refractivity contribution < 1.29 is 19.0 Å². The average molecular weight is 384 g/mol. The molecule has 0 unspecified atom stereocenters. The summed E-state index contributed by atoms with van der Waals surface area (Å²) in [5.41, 5.74) is 0.312. The van der Waals surface area contributed by atoms with Crippen molar-refractivity contribution in [2.45, 2.75) is 69.7 Å². The Kier molecular flexibility index (Phi) is 5.63. The topological polar surface area (TPSA) is 56.2 Å². The van der Waals surface area contributed by atoms with E-state index >= 15 is 0 Å². The Morgan fingerprint density at radius 1 is 1.22 bits per heavy atom. The molecule has 7 heteroatoms. The maximum absolute atomic E-state index is 13.7. The summed E-state index contributed by atoms with van der Waals surface area (Å²) in [4.78, 5) is 18.6. The number of alkyl halides is 1. The molecule has 6 nitrogen and oxygen atoms in total. The van der Waals surface area contributed by atoms with Gasteiger partial charge in [0, 0.05) is 37.8 Å². The minimum absolute atomic E-state index is 0.0101. The highest BCUT2D eigenvalue weighted by molar-refractivity contribution is 5.68. The predicted molar refractivity (Wildman–Crippen MR) is 100 cm³/mol. The zero-order chi connectivity index (χ0) is 19.0. The smallest absolute Gasteiger partial charge is 0.409 e. The summed E-state index contributed by atoms with van der Waals surface area (Å²) < 4.78 is 18.9. The lowest BCUT2D eigenvalue weighted by molar-refractivity contribution is -0.0196. The molecule has 4 rings (SSSR count). The molecule has 27 heavy (non-hydrogen) atoms. The number of aliphatic hydroxyl groups is 1. The number of hydrogen-bond donors (Lipinski definition) is 1. The number of halogens is 1. The lowest BCUT2D eigenvalue weighted by Gasteiger charge is -2.52. The van der Waals surface area contributed by atoms with Crippen molar-refractivity contribution in [3.05, 3.63) is 0 Å². The van der Waals surface area contributed by atoms with Gasteiger partial charge in [-0.05, 0) is 64.0 Å². The van der Waals surface area contributed by atoms with Crippen LogP contribution in [0.25, 0.3) is 0 Å². The second-order valence-electron chi connectivity index (χ2n) is 9.07. The number of carbonyl (C=O) groups excluding carboxylic acids is 1. The minimum Gasteiger partial charge on any atom is -0.450 e. The van der Waals surface area contributed by atoms with Gasteiger partial charge in [-0.3, -0.25) is 4.90 Å². The number of carbonyl (C=O) groups is 1. The van der Waals surface area contributed by atoms with Crippen LogP contribution in [0.3, 0.4) is 0 Å². The van der Waals surface area contributed by atoms with Gasteiger partial charge >= 0.3 is 6.09 Å². The van der Waals surface area contributed by atoms with Crippen molar-refractivity contribution >= 4 is 6.09 Å². The molecule has 1 amide bonds. The van der Waals surface area contributed by atoms with Gasteiger partial charge in [0.15, 0.2) is 0 Å². The summed E-state index contributed by atoms with van der Waals surface area (Å²) in [6, 6.07) is 1.06. The van der Waals surface area contributed by atoms with E-state index < -0.39 is 6.17 Å². The molecular formula is C20H34FN3O3. The summed E-state index contributed by atoms with van der Waals surface area (Å²) in [7, 11) is 0. The van der Waals surface area contributed by atoms with Crippen LogP contribution in [0.2, 0.25) is 0 Å². The van der Waals surface area contributed by atoms with Gasteiger partial charge in [-0.15, -0.1) is 0 Å². The number of piperidine rings is 1. The summed E-state index contributed by atoms with van der Waals surface area (Å²) >= 11 is 0. The van der Waals surface area contributed by atoms with Crippen LogP contribution in [-0.4, -0.2) is 96.1 Å². The van der Waals surface area contributed by atoms with Gasteiger partial charge in [0.05, 0.1) is 13.2 Å². The fourth-order valence-electron chi connectivity index (χ4n) is 5.93. The first-order valence-electron chi connectivity index (χ1n) is 10.7. The van der Waals surface area contributed by atoms with Crippen LogP contribution in [0.5, 0.6) is 0 Å². The number of nitrogens with zero attached hydrogens (tertiary/aromatic N) is 3.